The highest BCUT2D eigenvalue weighted by molar-refractivity contribution is 5.89. The molecule has 0 radical (unpaired) electrons. The zero-order chi connectivity index (χ0) is 22.2. The van der Waals surface area contributed by atoms with Crippen LogP contribution < -0.4 is 10.5 Å². The fourth-order valence-electron chi connectivity index (χ4n) is 3.86. The average molecular weight is 412 g/mol. The second-order valence-corrected chi connectivity index (χ2v) is 8.80. The van der Waals surface area contributed by atoms with Gasteiger partial charge in [0.1, 0.15) is 22.9 Å². The van der Waals surface area contributed by atoms with Gasteiger partial charge in [0.25, 0.3) is 5.56 Å². The zero-order valence-electron chi connectivity index (χ0n) is 18.5. The van der Waals surface area contributed by atoms with Crippen molar-refractivity contribution in [3.05, 3.63) is 34.2 Å². The van der Waals surface area contributed by atoms with Crippen LogP contribution in [0.2, 0.25) is 0 Å². The Morgan fingerprint density at radius 1 is 1.33 bits per heavy atom. The first-order chi connectivity index (χ1) is 14.1. The van der Waals surface area contributed by atoms with Crippen molar-refractivity contribution >= 4 is 22.8 Å². The normalized spacial score (nSPS) is 19.6. The Morgan fingerprint density at radius 2 is 2.03 bits per heavy atom. The maximum Gasteiger partial charge on any atom is 0.410 e. The summed E-state index contributed by atoms with van der Waals surface area (Å²) < 4.78 is 7.13. The van der Waals surface area contributed by atoms with Gasteiger partial charge in [-0.3, -0.25) is 4.79 Å². The maximum absolute atomic E-state index is 12.7. The lowest BCUT2D eigenvalue weighted by atomic mass is 10.0. The van der Waals surface area contributed by atoms with Gasteiger partial charge in [-0.2, -0.15) is 5.26 Å². The number of rotatable bonds is 2. The third kappa shape index (κ3) is 4.11. The summed E-state index contributed by atoms with van der Waals surface area (Å²) >= 11 is 0. The number of carbonyl (C=O) groups excluding carboxylic acids is 1. The number of hydrogen-bond donors (Lipinski definition) is 0. The van der Waals surface area contributed by atoms with Crippen LogP contribution in [0.15, 0.2) is 23.0 Å². The van der Waals surface area contributed by atoms with Crippen LogP contribution in [0.3, 0.4) is 0 Å². The van der Waals surface area contributed by atoms with E-state index in [-0.39, 0.29) is 23.7 Å². The lowest BCUT2D eigenvalue weighted by Crippen LogP contribution is -2.60. The molecule has 0 saturated carbocycles. The highest BCUT2D eigenvalue weighted by Gasteiger charge is 2.36. The van der Waals surface area contributed by atoms with Gasteiger partial charge < -0.3 is 19.1 Å². The molecule has 1 aliphatic rings. The Bertz CT molecular complexity index is 1060. The maximum atomic E-state index is 12.7. The fourth-order valence-corrected chi connectivity index (χ4v) is 3.86. The molecule has 1 fully saturated rings. The van der Waals surface area contributed by atoms with E-state index in [1.165, 1.54) is 4.57 Å². The van der Waals surface area contributed by atoms with Crippen molar-refractivity contribution in [2.24, 2.45) is 7.05 Å². The van der Waals surface area contributed by atoms with E-state index in [1.807, 2.05) is 34.6 Å². The van der Waals surface area contributed by atoms with Crippen LogP contribution in [0.5, 0.6) is 0 Å². The van der Waals surface area contributed by atoms with E-state index in [1.54, 1.807) is 30.1 Å². The summed E-state index contributed by atoms with van der Waals surface area (Å²) in [4.78, 5) is 33.7. The molecule has 30 heavy (non-hydrogen) atoms. The summed E-state index contributed by atoms with van der Waals surface area (Å²) in [5.74, 6) is 0. The molecular formula is C22H29N5O3. The molecule has 3 heterocycles. The molecule has 0 unspecified atom stereocenters. The van der Waals surface area contributed by atoms with Gasteiger partial charge in [-0.1, -0.05) is 6.92 Å². The summed E-state index contributed by atoms with van der Waals surface area (Å²) in [7, 11) is 1.70. The lowest BCUT2D eigenvalue weighted by molar-refractivity contribution is 0.0106. The van der Waals surface area contributed by atoms with Gasteiger partial charge in [-0.05, 0) is 46.2 Å². The quantitative estimate of drug-likeness (QED) is 0.754. The van der Waals surface area contributed by atoms with Gasteiger partial charge in [0.15, 0.2) is 0 Å². The van der Waals surface area contributed by atoms with Crippen LogP contribution >= 0.6 is 0 Å². The largest absolute Gasteiger partial charge is 0.444 e. The van der Waals surface area contributed by atoms with Crippen molar-refractivity contribution in [1.82, 2.24) is 14.5 Å². The molecule has 0 bridgehead atoms. The Hall–Kier alpha value is -3.08. The van der Waals surface area contributed by atoms with Gasteiger partial charge in [0.2, 0.25) is 0 Å². The molecule has 3 rings (SSSR count). The first kappa shape index (κ1) is 21.6. The molecule has 0 N–H and O–H groups in total. The van der Waals surface area contributed by atoms with Crippen molar-refractivity contribution in [2.75, 3.05) is 18.0 Å². The number of aryl methyl sites for hydroxylation is 1. The molecule has 1 amide bonds. The second kappa shape index (κ2) is 7.98. The van der Waals surface area contributed by atoms with Crippen LogP contribution in [-0.4, -0.2) is 51.3 Å². The first-order valence-electron chi connectivity index (χ1n) is 10.2. The zero-order valence-corrected chi connectivity index (χ0v) is 18.5. The standard InChI is InChI=1S/C22H29N5O3/c1-7-16-13-26(14(2)12-27(16)21(29)30-22(3,4)5)18-10-19(28)25(6)17-9-8-15(11-23)24-20(17)18/h8-10,14,16H,7,12-13H2,1-6H3/t14-,16+/m0/s1. The van der Waals surface area contributed by atoms with Gasteiger partial charge in [0, 0.05) is 32.2 Å². The smallest absolute Gasteiger partial charge is 0.410 e. The third-order valence-electron chi connectivity index (χ3n) is 5.43. The summed E-state index contributed by atoms with van der Waals surface area (Å²) in [6.07, 6.45) is 0.432. The van der Waals surface area contributed by atoms with Crippen molar-refractivity contribution in [2.45, 2.75) is 58.7 Å². The number of fused-ring (bicyclic) bond motifs is 1. The predicted octanol–water partition coefficient (Wildman–Crippen LogP) is 3.03. The third-order valence-corrected chi connectivity index (χ3v) is 5.43. The minimum absolute atomic E-state index is 0.0526. The van der Waals surface area contributed by atoms with Gasteiger partial charge >= 0.3 is 6.09 Å². The number of hydrogen-bond acceptors (Lipinski definition) is 6. The van der Waals surface area contributed by atoms with E-state index in [0.717, 1.165) is 6.42 Å². The molecule has 160 valence electrons. The first-order valence-corrected chi connectivity index (χ1v) is 10.2. The lowest BCUT2D eigenvalue weighted by Gasteiger charge is -2.46. The van der Waals surface area contributed by atoms with Crippen LogP contribution in [0.25, 0.3) is 11.0 Å². The monoisotopic (exact) mass is 411 g/mol. The van der Waals surface area contributed by atoms with Crippen molar-refractivity contribution < 1.29 is 9.53 Å². The van der Waals surface area contributed by atoms with Crippen molar-refractivity contribution in [1.29, 1.82) is 5.26 Å². The van der Waals surface area contributed by atoms with E-state index < -0.39 is 5.60 Å². The van der Waals surface area contributed by atoms with E-state index >= 15 is 0 Å². The summed E-state index contributed by atoms with van der Waals surface area (Å²) in [5, 5.41) is 9.29. The number of nitriles is 1. The molecule has 2 aromatic rings. The summed E-state index contributed by atoms with van der Waals surface area (Å²) in [5.41, 5.74) is 1.58. The SMILES string of the molecule is CC[C@@H]1CN(c2cc(=O)n(C)c3ccc(C#N)nc23)[C@@H](C)CN1C(=O)OC(C)(C)C. The number of carbonyl (C=O) groups is 1. The highest BCUT2D eigenvalue weighted by atomic mass is 16.6. The molecule has 0 aliphatic carbocycles. The molecule has 1 aliphatic heterocycles. The molecule has 0 spiro atoms. The van der Waals surface area contributed by atoms with Gasteiger partial charge in [-0.15, -0.1) is 0 Å². The van der Waals surface area contributed by atoms with Crippen LogP contribution in [0.4, 0.5) is 10.5 Å². The Kier molecular flexibility index (Phi) is 5.75. The van der Waals surface area contributed by atoms with E-state index in [4.69, 9.17) is 4.74 Å². The molecular weight excluding hydrogens is 382 g/mol. The Morgan fingerprint density at radius 3 is 2.63 bits per heavy atom. The molecule has 0 aromatic carbocycles. The number of nitrogens with zero attached hydrogens (tertiary/aromatic N) is 5. The average Bonchev–Trinajstić information content (AvgIpc) is 2.69. The van der Waals surface area contributed by atoms with Crippen LogP contribution in [0, 0.1) is 11.3 Å². The fraction of sp³-hybridized carbons (Fsp3) is 0.545. The predicted molar refractivity (Wildman–Crippen MR) is 116 cm³/mol. The van der Waals surface area contributed by atoms with E-state index in [9.17, 15) is 14.9 Å². The van der Waals surface area contributed by atoms with Crippen LogP contribution in [0.1, 0.15) is 46.7 Å². The number of anilines is 1. The Labute approximate surface area is 176 Å². The van der Waals surface area contributed by atoms with Crippen molar-refractivity contribution in [3.8, 4) is 6.07 Å². The molecule has 8 heteroatoms. The minimum Gasteiger partial charge on any atom is -0.444 e. The summed E-state index contributed by atoms with van der Waals surface area (Å²) in [6, 6.07) is 6.90. The second-order valence-electron chi connectivity index (χ2n) is 8.80. The summed E-state index contributed by atoms with van der Waals surface area (Å²) in [6.45, 7) is 10.6. The van der Waals surface area contributed by atoms with Gasteiger partial charge in [-0.25, -0.2) is 9.78 Å². The van der Waals surface area contributed by atoms with E-state index in [0.29, 0.717) is 35.5 Å². The minimum atomic E-state index is -0.560. The number of piperazine rings is 1. The Balaban J connectivity index is 2.02. The molecule has 1 saturated heterocycles. The van der Waals surface area contributed by atoms with Crippen molar-refractivity contribution in [3.63, 3.8) is 0 Å². The molecule has 2 atom stereocenters. The number of pyridine rings is 2. The van der Waals surface area contributed by atoms with Gasteiger partial charge in [0.05, 0.1) is 17.2 Å². The number of ether oxygens (including phenoxy) is 1. The van der Waals surface area contributed by atoms with Crippen LogP contribution in [-0.2, 0) is 11.8 Å². The topological polar surface area (TPSA) is 91.5 Å². The molecule has 2 aromatic heterocycles. The van der Waals surface area contributed by atoms with E-state index in [2.05, 4.69) is 16.0 Å². The molecule has 8 nitrogen and oxygen atoms in total. The number of aromatic nitrogens is 2. The highest BCUT2D eigenvalue weighted by Crippen LogP contribution is 2.30. The number of amides is 1.